The van der Waals surface area contributed by atoms with Crippen molar-refractivity contribution < 1.29 is 14.4 Å². The van der Waals surface area contributed by atoms with E-state index in [0.717, 1.165) is 25.7 Å². The van der Waals surface area contributed by atoms with Crippen LogP contribution in [0.2, 0.25) is 0 Å². The van der Waals surface area contributed by atoms with E-state index in [-0.39, 0.29) is 18.4 Å². The van der Waals surface area contributed by atoms with E-state index in [1.807, 2.05) is 0 Å². The zero-order valence-corrected chi connectivity index (χ0v) is 11.5. The lowest BCUT2D eigenvalue weighted by molar-refractivity contribution is -0.137. The fraction of sp³-hybridized carbons (Fsp3) is 0.769. The van der Waals surface area contributed by atoms with E-state index in [4.69, 9.17) is 5.73 Å². The predicted octanol–water partition coefficient (Wildman–Crippen LogP) is 0.159. The van der Waals surface area contributed by atoms with E-state index in [2.05, 4.69) is 12.2 Å². The maximum absolute atomic E-state index is 11.9. The summed E-state index contributed by atoms with van der Waals surface area (Å²) in [6, 6.07) is -0.510. The van der Waals surface area contributed by atoms with Gasteiger partial charge in [0, 0.05) is 13.0 Å². The highest BCUT2D eigenvalue weighted by molar-refractivity contribution is 5.89. The summed E-state index contributed by atoms with van der Waals surface area (Å²) in [5.74, 6) is -0.818. The average molecular weight is 269 g/mol. The normalized spacial score (nSPS) is 18.4. The number of likely N-dealkylation sites (tertiary alicyclic amines) is 1. The van der Waals surface area contributed by atoms with Crippen LogP contribution < -0.4 is 11.1 Å². The van der Waals surface area contributed by atoms with Gasteiger partial charge in [-0.25, -0.2) is 0 Å². The van der Waals surface area contributed by atoms with Gasteiger partial charge in [0.25, 0.3) is 0 Å². The third-order valence-electron chi connectivity index (χ3n) is 3.35. The van der Waals surface area contributed by atoms with Gasteiger partial charge >= 0.3 is 0 Å². The maximum Gasteiger partial charge on any atom is 0.242 e. The lowest BCUT2D eigenvalue weighted by atomic mass is 10.2. The van der Waals surface area contributed by atoms with Crippen LogP contribution >= 0.6 is 0 Å². The van der Waals surface area contributed by atoms with E-state index >= 15 is 0 Å². The zero-order chi connectivity index (χ0) is 14.3. The Balaban J connectivity index is 2.30. The molecule has 1 unspecified atom stereocenters. The van der Waals surface area contributed by atoms with Crippen molar-refractivity contribution in [3.63, 3.8) is 0 Å². The number of hydrogen-bond acceptors (Lipinski definition) is 3. The van der Waals surface area contributed by atoms with Crippen molar-refractivity contribution in [1.29, 1.82) is 0 Å². The Bertz CT molecular complexity index is 344. The van der Waals surface area contributed by atoms with E-state index in [9.17, 15) is 14.4 Å². The summed E-state index contributed by atoms with van der Waals surface area (Å²) < 4.78 is 0. The van der Waals surface area contributed by atoms with Crippen molar-refractivity contribution >= 4 is 17.7 Å². The monoisotopic (exact) mass is 269 g/mol. The minimum absolute atomic E-state index is 0.0469. The minimum atomic E-state index is -0.510. The molecule has 0 saturated carbocycles. The number of nitrogens with zero attached hydrogens (tertiary/aromatic N) is 1. The van der Waals surface area contributed by atoms with Crippen molar-refractivity contribution in [3.8, 4) is 0 Å². The summed E-state index contributed by atoms with van der Waals surface area (Å²) in [6.45, 7) is 2.56. The van der Waals surface area contributed by atoms with E-state index in [0.29, 0.717) is 19.4 Å². The van der Waals surface area contributed by atoms with Gasteiger partial charge < -0.3 is 16.0 Å². The number of rotatable bonds is 7. The fourth-order valence-electron chi connectivity index (χ4n) is 2.26. The van der Waals surface area contributed by atoms with Crippen LogP contribution in [0.1, 0.15) is 45.4 Å². The van der Waals surface area contributed by atoms with Crippen molar-refractivity contribution in [3.05, 3.63) is 0 Å². The molecule has 1 aliphatic rings. The Kier molecular flexibility index (Phi) is 6.32. The first-order valence-corrected chi connectivity index (χ1v) is 6.91. The van der Waals surface area contributed by atoms with Gasteiger partial charge in [0.1, 0.15) is 6.04 Å². The molecule has 1 fully saturated rings. The first-order valence-electron chi connectivity index (χ1n) is 6.91. The number of hydrogen-bond donors (Lipinski definition) is 2. The Hall–Kier alpha value is -1.59. The smallest absolute Gasteiger partial charge is 0.242 e. The van der Waals surface area contributed by atoms with Crippen LogP contribution in [0, 0.1) is 0 Å². The maximum atomic E-state index is 11.9. The number of nitrogens with two attached hydrogens (primary N) is 1. The molecular weight excluding hydrogens is 246 g/mol. The van der Waals surface area contributed by atoms with Crippen LogP contribution in [0.25, 0.3) is 0 Å². The largest absolute Gasteiger partial charge is 0.368 e. The second-order valence-corrected chi connectivity index (χ2v) is 4.88. The minimum Gasteiger partial charge on any atom is -0.368 e. The van der Waals surface area contributed by atoms with Crippen LogP contribution in [0.15, 0.2) is 0 Å². The molecule has 0 bridgehead atoms. The second-order valence-electron chi connectivity index (χ2n) is 4.88. The molecule has 1 aliphatic heterocycles. The Morgan fingerprint density at radius 3 is 2.68 bits per heavy atom. The third kappa shape index (κ3) is 4.89. The SMILES string of the molecule is CCCCCC(=O)NCC(=O)N1CCCC1C(N)=O. The van der Waals surface area contributed by atoms with Gasteiger partial charge in [-0.15, -0.1) is 0 Å². The van der Waals surface area contributed by atoms with Gasteiger partial charge in [-0.1, -0.05) is 19.8 Å². The molecule has 6 heteroatoms. The molecule has 3 amide bonds. The molecule has 0 aromatic carbocycles. The molecule has 0 aliphatic carbocycles. The standard InChI is InChI=1S/C13H23N3O3/c1-2-3-4-7-11(17)15-9-12(18)16-8-5-6-10(16)13(14)19/h10H,2-9H2,1H3,(H2,14,19)(H,15,17). The molecule has 0 radical (unpaired) electrons. The molecule has 6 nitrogen and oxygen atoms in total. The number of carbonyl (C=O) groups is 3. The van der Waals surface area contributed by atoms with Crippen molar-refractivity contribution in [2.24, 2.45) is 5.73 Å². The highest BCUT2D eigenvalue weighted by Gasteiger charge is 2.32. The average Bonchev–Trinajstić information content (AvgIpc) is 2.85. The van der Waals surface area contributed by atoms with Gasteiger partial charge in [-0.3, -0.25) is 14.4 Å². The fourth-order valence-corrected chi connectivity index (χ4v) is 2.26. The summed E-state index contributed by atoms with van der Waals surface area (Å²) in [4.78, 5) is 36.0. The Labute approximate surface area is 113 Å². The number of amides is 3. The summed E-state index contributed by atoms with van der Waals surface area (Å²) in [6.07, 6.45) is 4.75. The first-order chi connectivity index (χ1) is 9.06. The first kappa shape index (κ1) is 15.5. The van der Waals surface area contributed by atoms with Crippen LogP contribution in [0.4, 0.5) is 0 Å². The van der Waals surface area contributed by atoms with Crippen molar-refractivity contribution in [1.82, 2.24) is 10.2 Å². The molecule has 0 spiro atoms. The highest BCUT2D eigenvalue weighted by atomic mass is 16.2. The quantitative estimate of drug-likeness (QED) is 0.645. The van der Waals surface area contributed by atoms with Gasteiger partial charge in [0.15, 0.2) is 0 Å². The molecule has 0 aromatic rings. The van der Waals surface area contributed by atoms with Crippen molar-refractivity contribution in [2.45, 2.75) is 51.5 Å². The van der Waals surface area contributed by atoms with Gasteiger partial charge in [-0.2, -0.15) is 0 Å². The predicted molar refractivity (Wildman–Crippen MR) is 71.1 cm³/mol. The molecule has 108 valence electrons. The summed E-state index contributed by atoms with van der Waals surface area (Å²) in [7, 11) is 0. The molecule has 19 heavy (non-hydrogen) atoms. The highest BCUT2D eigenvalue weighted by Crippen LogP contribution is 2.16. The van der Waals surface area contributed by atoms with Gasteiger partial charge in [0.05, 0.1) is 6.54 Å². The number of nitrogens with one attached hydrogen (secondary N) is 1. The summed E-state index contributed by atoms with van der Waals surface area (Å²) in [5.41, 5.74) is 5.24. The van der Waals surface area contributed by atoms with Crippen LogP contribution in [0.3, 0.4) is 0 Å². The topological polar surface area (TPSA) is 92.5 Å². The van der Waals surface area contributed by atoms with E-state index in [1.54, 1.807) is 0 Å². The molecule has 1 saturated heterocycles. The second kappa shape index (κ2) is 7.76. The third-order valence-corrected chi connectivity index (χ3v) is 3.35. The molecule has 3 N–H and O–H groups in total. The van der Waals surface area contributed by atoms with Gasteiger partial charge in [-0.05, 0) is 19.3 Å². The lowest BCUT2D eigenvalue weighted by Crippen LogP contribution is -2.47. The summed E-state index contributed by atoms with van der Waals surface area (Å²) >= 11 is 0. The van der Waals surface area contributed by atoms with Crippen LogP contribution in [-0.2, 0) is 14.4 Å². The molecule has 0 aromatic heterocycles. The van der Waals surface area contributed by atoms with E-state index < -0.39 is 11.9 Å². The molecular formula is C13H23N3O3. The number of carbonyl (C=O) groups excluding carboxylic acids is 3. The van der Waals surface area contributed by atoms with Gasteiger partial charge in [0.2, 0.25) is 17.7 Å². The molecule has 1 rings (SSSR count). The Morgan fingerprint density at radius 2 is 2.05 bits per heavy atom. The van der Waals surface area contributed by atoms with Crippen LogP contribution in [0.5, 0.6) is 0 Å². The number of unbranched alkanes of at least 4 members (excludes halogenated alkanes) is 2. The molecule has 1 heterocycles. The summed E-state index contributed by atoms with van der Waals surface area (Å²) in [5, 5.41) is 2.60. The molecule has 1 atom stereocenters. The van der Waals surface area contributed by atoms with E-state index in [1.165, 1.54) is 4.90 Å². The Morgan fingerprint density at radius 1 is 1.32 bits per heavy atom. The van der Waals surface area contributed by atoms with Crippen LogP contribution in [-0.4, -0.2) is 41.8 Å². The zero-order valence-electron chi connectivity index (χ0n) is 11.5. The van der Waals surface area contributed by atoms with Crippen molar-refractivity contribution in [2.75, 3.05) is 13.1 Å². The lowest BCUT2D eigenvalue weighted by Gasteiger charge is -2.22. The number of primary amides is 1.